The van der Waals surface area contributed by atoms with Crippen molar-refractivity contribution >= 4 is 5.91 Å². The first-order valence-electron chi connectivity index (χ1n) is 9.01. The van der Waals surface area contributed by atoms with E-state index < -0.39 is 0 Å². The zero-order valence-electron chi connectivity index (χ0n) is 14.2. The fraction of sp³-hybridized carbons (Fsp3) is 0.632. The van der Waals surface area contributed by atoms with E-state index in [4.69, 9.17) is 4.74 Å². The molecule has 2 unspecified atom stereocenters. The van der Waals surface area contributed by atoms with Crippen molar-refractivity contribution in [3.63, 3.8) is 0 Å². The van der Waals surface area contributed by atoms with Gasteiger partial charge in [-0.1, -0.05) is 12.1 Å². The Morgan fingerprint density at radius 3 is 2.87 bits per heavy atom. The molecule has 1 N–H and O–H groups in total. The molecule has 2 saturated heterocycles. The Balaban J connectivity index is 1.58. The van der Waals surface area contributed by atoms with Crippen molar-refractivity contribution in [3.8, 4) is 5.75 Å². The molecule has 0 aliphatic carbocycles. The second kappa shape index (κ2) is 7.82. The largest absolute Gasteiger partial charge is 0.497 e. The minimum Gasteiger partial charge on any atom is -0.497 e. The smallest absolute Gasteiger partial charge is 0.231 e. The van der Waals surface area contributed by atoms with Gasteiger partial charge in [0.1, 0.15) is 12.3 Å². The predicted octanol–water partition coefficient (Wildman–Crippen LogP) is 1.50. The average molecular weight is 317 g/mol. The predicted molar refractivity (Wildman–Crippen MR) is 90.5 cm³/mol. The van der Waals surface area contributed by atoms with Crippen molar-refractivity contribution in [1.29, 1.82) is 0 Å². The van der Waals surface area contributed by atoms with Crippen molar-refractivity contribution in [2.75, 3.05) is 33.3 Å². The van der Waals surface area contributed by atoms with Gasteiger partial charge >= 0.3 is 0 Å². The van der Waals surface area contributed by atoms with E-state index in [1.165, 1.54) is 36.3 Å². The summed E-state index contributed by atoms with van der Waals surface area (Å²) in [7, 11) is 1.71. The number of amides is 1. The summed E-state index contributed by atoms with van der Waals surface area (Å²) < 4.78 is 5.31. The van der Waals surface area contributed by atoms with Crippen molar-refractivity contribution in [1.82, 2.24) is 4.90 Å². The second-order valence-electron chi connectivity index (χ2n) is 6.96. The number of piperidine rings is 2. The second-order valence-corrected chi connectivity index (χ2v) is 6.96. The molecule has 0 spiro atoms. The molecule has 1 aromatic carbocycles. The van der Waals surface area contributed by atoms with E-state index >= 15 is 0 Å². The van der Waals surface area contributed by atoms with Gasteiger partial charge in [-0.05, 0) is 44.2 Å². The monoisotopic (exact) mass is 317 g/mol. The molecule has 2 atom stereocenters. The van der Waals surface area contributed by atoms with Gasteiger partial charge in [0.15, 0.2) is 0 Å². The van der Waals surface area contributed by atoms with Crippen LogP contribution in [0.5, 0.6) is 5.75 Å². The maximum Gasteiger partial charge on any atom is 0.231 e. The molecule has 0 bridgehead atoms. The average Bonchev–Trinajstić information content (AvgIpc) is 2.62. The summed E-state index contributed by atoms with van der Waals surface area (Å²) >= 11 is 0. The summed E-state index contributed by atoms with van der Waals surface area (Å²) in [5.74, 6) is 1.55. The van der Waals surface area contributed by atoms with Crippen LogP contribution in [-0.2, 0) is 11.3 Å². The van der Waals surface area contributed by atoms with Gasteiger partial charge in [-0.3, -0.25) is 4.79 Å². The van der Waals surface area contributed by atoms with Crippen LogP contribution in [0.1, 0.15) is 37.7 Å². The number of nitrogens with one attached hydrogen (secondary N) is 1. The lowest BCUT2D eigenvalue weighted by atomic mass is 9.95. The van der Waals surface area contributed by atoms with Crippen LogP contribution in [0.4, 0.5) is 0 Å². The fourth-order valence-corrected chi connectivity index (χ4v) is 3.97. The van der Waals surface area contributed by atoms with Gasteiger partial charge in [-0.2, -0.15) is 0 Å². The Hall–Kier alpha value is -1.55. The number of rotatable bonds is 4. The Bertz CT molecular complexity index is 526. The minimum absolute atomic E-state index is 0.224. The van der Waals surface area contributed by atoms with Gasteiger partial charge in [0.05, 0.1) is 26.1 Å². The zero-order valence-corrected chi connectivity index (χ0v) is 14.2. The molecule has 2 aliphatic heterocycles. The molecule has 3 rings (SSSR count). The molecule has 2 heterocycles. The molecule has 4 nitrogen and oxygen atoms in total. The van der Waals surface area contributed by atoms with Crippen molar-refractivity contribution in [3.05, 3.63) is 29.8 Å². The molecule has 126 valence electrons. The first-order valence-corrected chi connectivity index (χ1v) is 9.01. The number of carbonyl (C=O) groups is 1. The van der Waals surface area contributed by atoms with E-state index in [0.29, 0.717) is 5.91 Å². The van der Waals surface area contributed by atoms with E-state index in [1.807, 2.05) is 12.1 Å². The lowest BCUT2D eigenvalue weighted by molar-refractivity contribution is -0.921. The number of benzene rings is 1. The zero-order chi connectivity index (χ0) is 16.1. The molecular weight excluding hydrogens is 288 g/mol. The summed E-state index contributed by atoms with van der Waals surface area (Å²) in [6.45, 7) is 5.08. The van der Waals surface area contributed by atoms with E-state index in [2.05, 4.69) is 17.0 Å². The van der Waals surface area contributed by atoms with Gasteiger partial charge in [0.2, 0.25) is 5.91 Å². The number of ether oxygens (including phenoxy) is 1. The number of carbonyl (C=O) groups excluding carboxylic acids is 1. The van der Waals surface area contributed by atoms with E-state index in [0.717, 1.165) is 44.8 Å². The third kappa shape index (κ3) is 4.25. The lowest BCUT2D eigenvalue weighted by Crippen LogP contribution is -3.12. The highest BCUT2D eigenvalue weighted by atomic mass is 16.5. The van der Waals surface area contributed by atoms with Gasteiger partial charge in [-0.15, -0.1) is 0 Å². The first-order chi connectivity index (χ1) is 11.3. The van der Waals surface area contributed by atoms with Crippen LogP contribution in [0.2, 0.25) is 0 Å². The van der Waals surface area contributed by atoms with Gasteiger partial charge in [-0.25, -0.2) is 0 Å². The summed E-state index contributed by atoms with van der Waals surface area (Å²) in [6, 6.07) is 8.31. The number of methoxy groups -OCH3 is 1. The number of likely N-dealkylation sites (tertiary alicyclic amines) is 2. The Morgan fingerprint density at radius 2 is 2.09 bits per heavy atom. The standard InChI is InChI=1S/C19H28N2O2/c1-23-18-9-5-7-16(13-18)14-20-10-6-8-17(15-20)19(22)21-11-3-2-4-12-21/h5,7,9,13,17H,2-4,6,8,10-12,14-15H2,1H3/p+1. The molecule has 4 heteroatoms. The van der Waals surface area contributed by atoms with Gasteiger partial charge in [0.25, 0.3) is 0 Å². The number of quaternary nitrogens is 1. The summed E-state index contributed by atoms with van der Waals surface area (Å²) in [4.78, 5) is 16.4. The molecule has 23 heavy (non-hydrogen) atoms. The van der Waals surface area contributed by atoms with Crippen LogP contribution in [0.3, 0.4) is 0 Å². The van der Waals surface area contributed by atoms with Crippen LogP contribution in [0.25, 0.3) is 0 Å². The van der Waals surface area contributed by atoms with Crippen LogP contribution in [0, 0.1) is 5.92 Å². The maximum atomic E-state index is 12.7. The fourth-order valence-electron chi connectivity index (χ4n) is 3.97. The number of hydrogen-bond acceptors (Lipinski definition) is 2. The van der Waals surface area contributed by atoms with Crippen LogP contribution in [-0.4, -0.2) is 44.1 Å². The van der Waals surface area contributed by atoms with Gasteiger partial charge in [0, 0.05) is 18.7 Å². The molecule has 0 aromatic heterocycles. The van der Waals surface area contributed by atoms with Crippen LogP contribution in [0.15, 0.2) is 24.3 Å². The van der Waals surface area contributed by atoms with Crippen molar-refractivity contribution in [2.24, 2.45) is 5.92 Å². The Labute approximate surface area is 139 Å². The van der Waals surface area contributed by atoms with E-state index in [-0.39, 0.29) is 5.92 Å². The molecule has 2 aliphatic rings. The summed E-state index contributed by atoms with van der Waals surface area (Å²) in [5, 5.41) is 0. The highest BCUT2D eigenvalue weighted by Crippen LogP contribution is 2.17. The SMILES string of the molecule is COc1cccc(C[NH+]2CCCC(C(=O)N3CCCCC3)C2)c1. The molecule has 0 saturated carbocycles. The van der Waals surface area contributed by atoms with Gasteiger partial charge < -0.3 is 14.5 Å². The Kier molecular flexibility index (Phi) is 5.55. The molecule has 0 radical (unpaired) electrons. The molecule has 1 aromatic rings. The number of nitrogens with zero attached hydrogens (tertiary/aromatic N) is 1. The maximum absolute atomic E-state index is 12.7. The first kappa shape index (κ1) is 16.3. The van der Waals surface area contributed by atoms with Crippen molar-refractivity contribution < 1.29 is 14.4 Å². The quantitative estimate of drug-likeness (QED) is 0.913. The van der Waals surface area contributed by atoms with E-state index in [1.54, 1.807) is 7.11 Å². The van der Waals surface area contributed by atoms with E-state index in [9.17, 15) is 4.79 Å². The molecular formula is C19H29N2O2+. The highest BCUT2D eigenvalue weighted by Gasteiger charge is 2.32. The summed E-state index contributed by atoms with van der Waals surface area (Å²) in [5.41, 5.74) is 1.30. The minimum atomic E-state index is 0.224. The van der Waals surface area contributed by atoms with Crippen LogP contribution >= 0.6 is 0 Å². The third-order valence-electron chi connectivity index (χ3n) is 5.22. The molecule has 1 amide bonds. The lowest BCUT2D eigenvalue weighted by Gasteiger charge is -2.34. The topological polar surface area (TPSA) is 34.0 Å². The number of hydrogen-bond donors (Lipinski definition) is 1. The Morgan fingerprint density at radius 1 is 1.26 bits per heavy atom. The molecule has 2 fully saturated rings. The van der Waals surface area contributed by atoms with Crippen molar-refractivity contribution in [2.45, 2.75) is 38.6 Å². The normalized spacial score (nSPS) is 25.2. The van der Waals surface area contributed by atoms with Crippen LogP contribution < -0.4 is 9.64 Å². The summed E-state index contributed by atoms with van der Waals surface area (Å²) in [6.07, 6.45) is 5.86. The highest BCUT2D eigenvalue weighted by molar-refractivity contribution is 5.79. The third-order valence-corrected chi connectivity index (χ3v) is 5.22.